The summed E-state index contributed by atoms with van der Waals surface area (Å²) in [4.78, 5) is 0. The molecule has 1 rings (SSSR count). The smallest absolute Gasteiger partial charge is 0.0720 e. The van der Waals surface area contributed by atoms with Gasteiger partial charge in [-0.05, 0) is 25.3 Å². The van der Waals surface area contributed by atoms with E-state index in [4.69, 9.17) is 9.84 Å². The summed E-state index contributed by atoms with van der Waals surface area (Å²) in [5.74, 6) is 0. The predicted molar refractivity (Wildman–Crippen MR) is 57.0 cm³/mol. The van der Waals surface area contributed by atoms with Crippen LogP contribution in [0.25, 0.3) is 0 Å². The lowest BCUT2D eigenvalue weighted by Gasteiger charge is -2.12. The van der Waals surface area contributed by atoms with Crippen LogP contribution in [0.1, 0.15) is 25.3 Å². The van der Waals surface area contributed by atoms with Gasteiger partial charge < -0.3 is 9.84 Å². The standard InChI is InChI=1S/C12H18O2/c1-11(6-5-9-13)14-10-12-7-3-2-4-8-12/h2-4,7-8,11,13H,5-6,9-10H2,1H3. The summed E-state index contributed by atoms with van der Waals surface area (Å²) in [6.07, 6.45) is 1.96. The lowest BCUT2D eigenvalue weighted by Crippen LogP contribution is -2.08. The van der Waals surface area contributed by atoms with E-state index < -0.39 is 0 Å². The normalized spacial score (nSPS) is 12.7. The molecule has 0 saturated carbocycles. The highest BCUT2D eigenvalue weighted by Gasteiger charge is 2.01. The van der Waals surface area contributed by atoms with Crippen molar-refractivity contribution >= 4 is 0 Å². The molecule has 14 heavy (non-hydrogen) atoms. The third kappa shape index (κ3) is 4.40. The van der Waals surface area contributed by atoms with Crippen LogP contribution in [0, 0.1) is 0 Å². The number of benzene rings is 1. The highest BCUT2D eigenvalue weighted by Crippen LogP contribution is 2.06. The van der Waals surface area contributed by atoms with Gasteiger partial charge in [0.2, 0.25) is 0 Å². The molecule has 0 bridgehead atoms. The molecule has 0 aliphatic rings. The third-order valence-corrected chi connectivity index (χ3v) is 2.15. The van der Waals surface area contributed by atoms with Gasteiger partial charge in [0, 0.05) is 6.61 Å². The van der Waals surface area contributed by atoms with Crippen LogP contribution < -0.4 is 0 Å². The molecule has 0 aliphatic heterocycles. The van der Waals surface area contributed by atoms with Crippen LogP contribution in [0.15, 0.2) is 30.3 Å². The van der Waals surface area contributed by atoms with Crippen molar-refractivity contribution in [2.75, 3.05) is 6.61 Å². The van der Waals surface area contributed by atoms with Crippen molar-refractivity contribution < 1.29 is 9.84 Å². The van der Waals surface area contributed by atoms with Crippen molar-refractivity contribution in [3.05, 3.63) is 35.9 Å². The zero-order chi connectivity index (χ0) is 10.2. The first-order valence-corrected chi connectivity index (χ1v) is 5.09. The number of rotatable bonds is 6. The molecule has 0 radical (unpaired) electrons. The van der Waals surface area contributed by atoms with Crippen LogP contribution in [-0.2, 0) is 11.3 Å². The lowest BCUT2D eigenvalue weighted by atomic mass is 10.2. The summed E-state index contributed by atoms with van der Waals surface area (Å²) in [6, 6.07) is 10.1. The van der Waals surface area contributed by atoms with Gasteiger partial charge in [0.1, 0.15) is 0 Å². The summed E-state index contributed by atoms with van der Waals surface area (Å²) in [6.45, 7) is 2.95. The van der Waals surface area contributed by atoms with Gasteiger partial charge in [-0.25, -0.2) is 0 Å². The first-order chi connectivity index (χ1) is 6.83. The molecular formula is C12H18O2. The second-order valence-corrected chi connectivity index (χ2v) is 3.47. The Kier molecular flexibility index (Phi) is 5.27. The highest BCUT2D eigenvalue weighted by atomic mass is 16.5. The SMILES string of the molecule is CC(CCCO)OCc1ccccc1. The van der Waals surface area contributed by atoms with Crippen LogP contribution in [0.2, 0.25) is 0 Å². The van der Waals surface area contributed by atoms with Crippen LogP contribution in [0.4, 0.5) is 0 Å². The first-order valence-electron chi connectivity index (χ1n) is 5.09. The molecule has 1 N–H and O–H groups in total. The second kappa shape index (κ2) is 6.57. The fraction of sp³-hybridized carbons (Fsp3) is 0.500. The first kappa shape index (κ1) is 11.2. The molecule has 1 unspecified atom stereocenters. The number of ether oxygens (including phenoxy) is 1. The second-order valence-electron chi connectivity index (χ2n) is 3.47. The molecule has 0 amide bonds. The van der Waals surface area contributed by atoms with Gasteiger partial charge in [-0.1, -0.05) is 30.3 Å². The number of aliphatic hydroxyl groups excluding tert-OH is 1. The van der Waals surface area contributed by atoms with Gasteiger partial charge in [-0.3, -0.25) is 0 Å². The Morgan fingerprint density at radius 1 is 1.29 bits per heavy atom. The topological polar surface area (TPSA) is 29.5 Å². The minimum absolute atomic E-state index is 0.224. The quantitative estimate of drug-likeness (QED) is 0.753. The summed E-state index contributed by atoms with van der Waals surface area (Å²) in [5, 5.41) is 8.64. The molecule has 1 aromatic rings. The average molecular weight is 194 g/mol. The van der Waals surface area contributed by atoms with Gasteiger partial charge in [0.15, 0.2) is 0 Å². The van der Waals surface area contributed by atoms with Gasteiger partial charge in [0.25, 0.3) is 0 Å². The minimum atomic E-state index is 0.224. The largest absolute Gasteiger partial charge is 0.396 e. The monoisotopic (exact) mass is 194 g/mol. The van der Waals surface area contributed by atoms with Crippen molar-refractivity contribution in [3.63, 3.8) is 0 Å². The third-order valence-electron chi connectivity index (χ3n) is 2.15. The maximum atomic E-state index is 8.64. The van der Waals surface area contributed by atoms with Gasteiger partial charge in [-0.2, -0.15) is 0 Å². The molecular weight excluding hydrogens is 176 g/mol. The Morgan fingerprint density at radius 3 is 2.64 bits per heavy atom. The van der Waals surface area contributed by atoms with E-state index in [0.717, 1.165) is 12.8 Å². The van der Waals surface area contributed by atoms with Crippen LogP contribution >= 0.6 is 0 Å². The Hall–Kier alpha value is -0.860. The zero-order valence-electron chi connectivity index (χ0n) is 8.65. The highest BCUT2D eigenvalue weighted by molar-refractivity contribution is 5.13. The Labute approximate surface area is 85.5 Å². The van der Waals surface area contributed by atoms with E-state index >= 15 is 0 Å². The van der Waals surface area contributed by atoms with E-state index in [1.54, 1.807) is 0 Å². The van der Waals surface area contributed by atoms with E-state index in [9.17, 15) is 0 Å². The Bertz CT molecular complexity index is 233. The van der Waals surface area contributed by atoms with E-state index in [1.807, 2.05) is 25.1 Å². The number of hydrogen-bond acceptors (Lipinski definition) is 2. The molecule has 0 fully saturated rings. The number of aliphatic hydroxyl groups is 1. The van der Waals surface area contributed by atoms with Crippen molar-refractivity contribution in [1.29, 1.82) is 0 Å². The van der Waals surface area contributed by atoms with Gasteiger partial charge in [-0.15, -0.1) is 0 Å². The summed E-state index contributed by atoms with van der Waals surface area (Å²) in [5.41, 5.74) is 1.20. The van der Waals surface area contributed by atoms with Gasteiger partial charge >= 0.3 is 0 Å². The van der Waals surface area contributed by atoms with E-state index in [1.165, 1.54) is 5.56 Å². The minimum Gasteiger partial charge on any atom is -0.396 e. The van der Waals surface area contributed by atoms with E-state index in [2.05, 4.69) is 12.1 Å². The maximum Gasteiger partial charge on any atom is 0.0720 e. The molecule has 1 aromatic carbocycles. The fourth-order valence-corrected chi connectivity index (χ4v) is 1.27. The van der Waals surface area contributed by atoms with Crippen LogP contribution in [0.3, 0.4) is 0 Å². The summed E-state index contributed by atoms with van der Waals surface area (Å²) < 4.78 is 5.62. The van der Waals surface area contributed by atoms with Crippen LogP contribution in [0.5, 0.6) is 0 Å². The lowest BCUT2D eigenvalue weighted by molar-refractivity contribution is 0.0431. The summed E-state index contributed by atoms with van der Waals surface area (Å²) >= 11 is 0. The van der Waals surface area contributed by atoms with Gasteiger partial charge in [0.05, 0.1) is 12.7 Å². The molecule has 0 aliphatic carbocycles. The summed E-state index contributed by atoms with van der Waals surface area (Å²) in [7, 11) is 0. The van der Waals surface area contributed by atoms with E-state index in [0.29, 0.717) is 6.61 Å². The van der Waals surface area contributed by atoms with E-state index in [-0.39, 0.29) is 12.7 Å². The molecule has 0 spiro atoms. The molecule has 1 atom stereocenters. The Morgan fingerprint density at radius 2 is 2.00 bits per heavy atom. The molecule has 78 valence electrons. The fourth-order valence-electron chi connectivity index (χ4n) is 1.27. The maximum absolute atomic E-state index is 8.64. The molecule has 2 heteroatoms. The Balaban J connectivity index is 2.20. The molecule has 0 heterocycles. The molecule has 2 nitrogen and oxygen atoms in total. The average Bonchev–Trinajstić information content (AvgIpc) is 2.25. The van der Waals surface area contributed by atoms with Crippen molar-refractivity contribution in [3.8, 4) is 0 Å². The van der Waals surface area contributed by atoms with Crippen molar-refractivity contribution in [1.82, 2.24) is 0 Å². The van der Waals surface area contributed by atoms with Crippen molar-refractivity contribution in [2.24, 2.45) is 0 Å². The van der Waals surface area contributed by atoms with Crippen LogP contribution in [-0.4, -0.2) is 17.8 Å². The molecule has 0 saturated heterocycles. The molecule has 0 aromatic heterocycles. The van der Waals surface area contributed by atoms with Crippen molar-refractivity contribution in [2.45, 2.75) is 32.5 Å². The number of hydrogen-bond donors (Lipinski definition) is 1. The zero-order valence-corrected chi connectivity index (χ0v) is 8.65. The predicted octanol–water partition coefficient (Wildman–Crippen LogP) is 2.36.